The molecule has 0 fully saturated rings. The van der Waals surface area contributed by atoms with Crippen LogP contribution < -0.4 is 0 Å². The van der Waals surface area contributed by atoms with Crippen molar-refractivity contribution < 1.29 is 4.79 Å². The summed E-state index contributed by atoms with van der Waals surface area (Å²) in [5.74, 6) is -0.00810. The van der Waals surface area contributed by atoms with Crippen LogP contribution in [-0.4, -0.2) is 34.2 Å². The van der Waals surface area contributed by atoms with Gasteiger partial charge in [0.2, 0.25) is 0 Å². The molecule has 1 heterocycles. The van der Waals surface area contributed by atoms with Gasteiger partial charge >= 0.3 is 0 Å². The lowest BCUT2D eigenvalue weighted by molar-refractivity contribution is 0.0787. The minimum Gasteiger partial charge on any atom is -0.340 e. The Labute approximate surface area is 105 Å². The zero-order chi connectivity index (χ0) is 12.1. The first-order valence-corrected chi connectivity index (χ1v) is 6.25. The van der Waals surface area contributed by atoms with E-state index in [0.29, 0.717) is 10.5 Å². The van der Waals surface area contributed by atoms with Gasteiger partial charge in [0.1, 0.15) is 5.69 Å². The molecule has 16 heavy (non-hydrogen) atoms. The lowest BCUT2D eigenvalue weighted by Gasteiger charge is -2.18. The Bertz CT molecular complexity index is 366. The van der Waals surface area contributed by atoms with E-state index in [1.165, 1.54) is 0 Å². The van der Waals surface area contributed by atoms with Crippen molar-refractivity contribution >= 4 is 21.8 Å². The lowest BCUT2D eigenvalue weighted by atomic mass is 10.2. The summed E-state index contributed by atoms with van der Waals surface area (Å²) in [6.07, 6.45) is 2.59. The molecular weight excluding hydrogens is 268 g/mol. The zero-order valence-electron chi connectivity index (χ0n) is 9.90. The fourth-order valence-electron chi connectivity index (χ4n) is 1.36. The van der Waals surface area contributed by atoms with Crippen molar-refractivity contribution in [3.8, 4) is 0 Å². The average Bonchev–Trinajstić information content (AvgIpc) is 2.25. The number of aryl methyl sites for hydroxylation is 1. The Morgan fingerprint density at radius 1 is 1.62 bits per heavy atom. The van der Waals surface area contributed by atoms with Crippen molar-refractivity contribution in [1.29, 1.82) is 0 Å². The maximum Gasteiger partial charge on any atom is 0.272 e. The molecule has 1 unspecified atom stereocenters. The van der Waals surface area contributed by atoms with Gasteiger partial charge in [0.25, 0.3) is 5.91 Å². The predicted octanol–water partition coefficient (Wildman–Crippen LogP) is 2.64. The molecule has 0 aromatic carbocycles. The van der Waals surface area contributed by atoms with Crippen molar-refractivity contribution in [3.63, 3.8) is 0 Å². The molecule has 88 valence electrons. The molecule has 1 aromatic rings. The van der Waals surface area contributed by atoms with Gasteiger partial charge < -0.3 is 4.90 Å². The number of hydrogen-bond donors (Lipinski definition) is 0. The zero-order valence-corrected chi connectivity index (χ0v) is 11.5. The van der Waals surface area contributed by atoms with Gasteiger partial charge in [0, 0.05) is 24.6 Å². The van der Waals surface area contributed by atoms with Crippen LogP contribution in [0.4, 0.5) is 0 Å². The molecule has 3 nitrogen and oxygen atoms in total. The first kappa shape index (κ1) is 13.2. The smallest absolute Gasteiger partial charge is 0.272 e. The fourth-order valence-corrected chi connectivity index (χ4v) is 1.57. The molecule has 0 saturated carbocycles. The van der Waals surface area contributed by atoms with Crippen LogP contribution in [-0.2, 0) is 0 Å². The highest BCUT2D eigenvalue weighted by Crippen LogP contribution is 2.09. The molecular formula is C12H17BrN2O. The largest absolute Gasteiger partial charge is 0.340 e. The summed E-state index contributed by atoms with van der Waals surface area (Å²) < 4.78 is 0. The highest BCUT2D eigenvalue weighted by Gasteiger charge is 2.15. The maximum atomic E-state index is 12.0. The van der Waals surface area contributed by atoms with Gasteiger partial charge in [-0.05, 0) is 25.0 Å². The van der Waals surface area contributed by atoms with Gasteiger partial charge in [-0.2, -0.15) is 0 Å². The minimum absolute atomic E-state index is 0.00810. The van der Waals surface area contributed by atoms with E-state index in [4.69, 9.17) is 0 Å². The molecule has 0 aliphatic carbocycles. The van der Waals surface area contributed by atoms with Gasteiger partial charge in [-0.1, -0.05) is 28.9 Å². The van der Waals surface area contributed by atoms with Gasteiger partial charge in [-0.3, -0.25) is 9.78 Å². The van der Waals surface area contributed by atoms with Crippen molar-refractivity contribution in [2.45, 2.75) is 25.1 Å². The molecule has 0 spiro atoms. The van der Waals surface area contributed by atoms with Crippen molar-refractivity contribution in [1.82, 2.24) is 9.88 Å². The molecule has 0 N–H and O–H groups in total. The minimum atomic E-state index is -0.00810. The van der Waals surface area contributed by atoms with Crippen LogP contribution >= 0.6 is 15.9 Å². The van der Waals surface area contributed by atoms with Gasteiger partial charge in [0.05, 0.1) is 0 Å². The lowest BCUT2D eigenvalue weighted by Crippen LogP contribution is -2.30. The molecule has 1 amide bonds. The van der Waals surface area contributed by atoms with E-state index >= 15 is 0 Å². The van der Waals surface area contributed by atoms with E-state index in [1.54, 1.807) is 11.1 Å². The number of amides is 1. The second-order valence-electron chi connectivity index (χ2n) is 3.97. The SMILES string of the molecule is Cc1cccnc1C(=O)N(C)CCC(C)Br. The number of carbonyl (C=O) groups is 1. The Morgan fingerprint density at radius 2 is 2.31 bits per heavy atom. The number of pyridine rings is 1. The van der Waals surface area contributed by atoms with Crippen molar-refractivity contribution in [2.24, 2.45) is 0 Å². The van der Waals surface area contributed by atoms with Crippen LogP contribution in [0.15, 0.2) is 18.3 Å². The molecule has 0 bridgehead atoms. The first-order valence-electron chi connectivity index (χ1n) is 5.33. The Hall–Kier alpha value is -0.900. The summed E-state index contributed by atoms with van der Waals surface area (Å²) in [5, 5.41) is 0. The van der Waals surface area contributed by atoms with Crippen molar-refractivity contribution in [3.05, 3.63) is 29.6 Å². The quantitative estimate of drug-likeness (QED) is 0.797. The van der Waals surface area contributed by atoms with E-state index in [9.17, 15) is 4.79 Å². The van der Waals surface area contributed by atoms with Gasteiger partial charge in [-0.15, -0.1) is 0 Å². The van der Waals surface area contributed by atoms with Gasteiger partial charge in [0.15, 0.2) is 0 Å². The Kier molecular flexibility index (Phi) is 4.93. The van der Waals surface area contributed by atoms with E-state index in [-0.39, 0.29) is 5.91 Å². The summed E-state index contributed by atoms with van der Waals surface area (Å²) in [5.41, 5.74) is 1.47. The number of carbonyl (C=O) groups excluding carboxylic acids is 1. The van der Waals surface area contributed by atoms with E-state index in [2.05, 4.69) is 27.8 Å². The summed E-state index contributed by atoms with van der Waals surface area (Å²) in [6, 6.07) is 3.74. The first-order chi connectivity index (χ1) is 7.52. The standard InChI is InChI=1S/C12H17BrN2O/c1-9-5-4-7-14-11(9)12(16)15(3)8-6-10(2)13/h4-5,7,10H,6,8H2,1-3H3. The van der Waals surface area contributed by atoms with Crippen LogP contribution in [0.25, 0.3) is 0 Å². The molecule has 4 heteroatoms. The highest BCUT2D eigenvalue weighted by molar-refractivity contribution is 9.09. The number of nitrogens with zero attached hydrogens (tertiary/aromatic N) is 2. The normalized spacial score (nSPS) is 12.2. The van der Waals surface area contributed by atoms with Gasteiger partial charge in [-0.25, -0.2) is 0 Å². The maximum absolute atomic E-state index is 12.0. The van der Waals surface area contributed by atoms with E-state index in [1.807, 2.05) is 26.1 Å². The number of alkyl halides is 1. The monoisotopic (exact) mass is 284 g/mol. The third-order valence-corrected chi connectivity index (χ3v) is 2.88. The number of hydrogen-bond acceptors (Lipinski definition) is 2. The number of rotatable bonds is 4. The van der Waals surface area contributed by atoms with E-state index < -0.39 is 0 Å². The summed E-state index contributed by atoms with van der Waals surface area (Å²) >= 11 is 3.47. The molecule has 0 aliphatic rings. The molecule has 0 aliphatic heterocycles. The third kappa shape index (κ3) is 3.59. The molecule has 1 atom stereocenters. The molecule has 0 saturated heterocycles. The molecule has 0 radical (unpaired) electrons. The Morgan fingerprint density at radius 3 is 2.88 bits per heavy atom. The van der Waals surface area contributed by atoms with Crippen LogP contribution in [0, 0.1) is 6.92 Å². The Balaban J connectivity index is 2.67. The summed E-state index contributed by atoms with van der Waals surface area (Å²) in [6.45, 7) is 4.72. The van der Waals surface area contributed by atoms with Crippen LogP contribution in [0.2, 0.25) is 0 Å². The average molecular weight is 285 g/mol. The van der Waals surface area contributed by atoms with Crippen molar-refractivity contribution in [2.75, 3.05) is 13.6 Å². The van der Waals surface area contributed by atoms with Crippen LogP contribution in [0.3, 0.4) is 0 Å². The summed E-state index contributed by atoms with van der Waals surface area (Å²) in [7, 11) is 1.81. The molecule has 1 rings (SSSR count). The van der Waals surface area contributed by atoms with Crippen LogP contribution in [0.1, 0.15) is 29.4 Å². The second kappa shape index (κ2) is 5.99. The molecule has 1 aromatic heterocycles. The predicted molar refractivity (Wildman–Crippen MR) is 68.9 cm³/mol. The third-order valence-electron chi connectivity index (χ3n) is 2.42. The number of aromatic nitrogens is 1. The highest BCUT2D eigenvalue weighted by atomic mass is 79.9. The second-order valence-corrected chi connectivity index (χ2v) is 5.53. The number of halogens is 1. The van der Waals surface area contributed by atoms with E-state index in [0.717, 1.165) is 18.5 Å². The summed E-state index contributed by atoms with van der Waals surface area (Å²) in [4.78, 5) is 18.3. The van der Waals surface area contributed by atoms with Crippen LogP contribution in [0.5, 0.6) is 0 Å². The topological polar surface area (TPSA) is 33.2 Å². The fraction of sp³-hybridized carbons (Fsp3) is 0.500.